The van der Waals surface area contributed by atoms with Gasteiger partial charge in [0.1, 0.15) is 8.07 Å². The van der Waals surface area contributed by atoms with Crippen molar-refractivity contribution in [3.05, 3.63) is 29.3 Å². The lowest BCUT2D eigenvalue weighted by Crippen LogP contribution is -2.39. The summed E-state index contributed by atoms with van der Waals surface area (Å²) in [5.74, 6) is 3.45. The molecule has 0 fully saturated rings. The van der Waals surface area contributed by atoms with E-state index in [-0.39, 0.29) is 0 Å². The molecule has 2 heteroatoms. The van der Waals surface area contributed by atoms with E-state index < -0.39 is 16.1 Å². The molecule has 1 aromatic carbocycles. The molecule has 92 valence electrons. The highest BCUT2D eigenvalue weighted by Gasteiger charge is 2.19. The number of aryl methyl sites for hydroxylation is 1. The smallest absolute Gasteiger partial charge is 0.127 e. The van der Waals surface area contributed by atoms with Gasteiger partial charge in [0.25, 0.3) is 0 Å². The van der Waals surface area contributed by atoms with Gasteiger partial charge in [-0.15, -0.1) is 5.54 Å². The fraction of sp³-hybridized carbons (Fsp3) is 0.467. The van der Waals surface area contributed by atoms with E-state index in [1.54, 1.807) is 0 Å². The third-order valence-electron chi connectivity index (χ3n) is 2.56. The Kier molecular flexibility index (Phi) is 4.06. The second kappa shape index (κ2) is 4.83. The quantitative estimate of drug-likeness (QED) is 0.533. The number of rotatable bonds is 1. The number of hydrogen-bond acceptors (Lipinski definition) is 0. The Morgan fingerprint density at radius 1 is 0.941 bits per heavy atom. The lowest BCUT2D eigenvalue weighted by Gasteiger charge is -2.19. The third kappa shape index (κ3) is 4.53. The molecule has 0 aliphatic rings. The molecule has 0 spiro atoms. The molecule has 0 saturated heterocycles. The van der Waals surface area contributed by atoms with Gasteiger partial charge in [0.15, 0.2) is 0 Å². The van der Waals surface area contributed by atoms with Crippen LogP contribution in [0.2, 0.25) is 39.3 Å². The van der Waals surface area contributed by atoms with Crippen molar-refractivity contribution in [2.45, 2.75) is 46.2 Å². The van der Waals surface area contributed by atoms with E-state index in [2.05, 4.69) is 75.9 Å². The van der Waals surface area contributed by atoms with Crippen molar-refractivity contribution in [1.29, 1.82) is 0 Å². The van der Waals surface area contributed by atoms with Crippen LogP contribution in [0, 0.1) is 18.4 Å². The van der Waals surface area contributed by atoms with Gasteiger partial charge in [0.2, 0.25) is 0 Å². The molecule has 0 unspecified atom stereocenters. The first kappa shape index (κ1) is 14.3. The van der Waals surface area contributed by atoms with Crippen molar-refractivity contribution < 1.29 is 0 Å². The second-order valence-electron chi connectivity index (χ2n) is 6.80. The molecule has 1 aromatic rings. The summed E-state index contributed by atoms with van der Waals surface area (Å²) >= 11 is 0. The average Bonchev–Trinajstić information content (AvgIpc) is 2.11. The zero-order chi connectivity index (χ0) is 13.3. The fourth-order valence-electron chi connectivity index (χ4n) is 1.67. The van der Waals surface area contributed by atoms with E-state index in [0.717, 1.165) is 0 Å². The van der Waals surface area contributed by atoms with Crippen LogP contribution in [0.5, 0.6) is 0 Å². The molecule has 0 saturated carbocycles. The van der Waals surface area contributed by atoms with Crippen LogP contribution in [0.1, 0.15) is 11.1 Å². The lowest BCUT2D eigenvalue weighted by molar-refractivity contribution is 1.46. The summed E-state index contributed by atoms with van der Waals surface area (Å²) in [6, 6.07) is 6.75. The van der Waals surface area contributed by atoms with Gasteiger partial charge in [-0.05, 0) is 23.7 Å². The zero-order valence-electron chi connectivity index (χ0n) is 12.2. The monoisotopic (exact) mass is 260 g/mol. The Morgan fingerprint density at radius 2 is 1.53 bits per heavy atom. The summed E-state index contributed by atoms with van der Waals surface area (Å²) < 4.78 is 0. The molecule has 0 nitrogen and oxygen atoms in total. The molecule has 0 aromatic heterocycles. The third-order valence-corrected chi connectivity index (χ3v) is 5.48. The van der Waals surface area contributed by atoms with Crippen molar-refractivity contribution in [2.75, 3.05) is 0 Å². The van der Waals surface area contributed by atoms with Crippen LogP contribution in [0.25, 0.3) is 0 Å². The standard InChI is InChI=1S/C15H24Si2/c1-13-8-9-15(17(5,6)7)14(12-13)10-11-16(2,3)4/h8-9,12H,1-7H3. The lowest BCUT2D eigenvalue weighted by atomic mass is 10.1. The van der Waals surface area contributed by atoms with Gasteiger partial charge in [0, 0.05) is 5.56 Å². The van der Waals surface area contributed by atoms with Crippen LogP contribution < -0.4 is 5.19 Å². The van der Waals surface area contributed by atoms with Crippen LogP contribution in [0.3, 0.4) is 0 Å². The predicted molar refractivity (Wildman–Crippen MR) is 84.4 cm³/mol. The molecular weight excluding hydrogens is 236 g/mol. The first-order valence-corrected chi connectivity index (χ1v) is 13.2. The van der Waals surface area contributed by atoms with Gasteiger partial charge in [-0.25, -0.2) is 0 Å². The van der Waals surface area contributed by atoms with Gasteiger partial charge >= 0.3 is 0 Å². The molecule has 0 heterocycles. The maximum atomic E-state index is 3.49. The predicted octanol–water partition coefficient (Wildman–Crippen LogP) is 3.77. The topological polar surface area (TPSA) is 0 Å². The first-order valence-electron chi connectivity index (χ1n) is 6.24. The summed E-state index contributed by atoms with van der Waals surface area (Å²) in [7, 11) is -2.57. The van der Waals surface area contributed by atoms with E-state index in [4.69, 9.17) is 0 Å². The largest absolute Gasteiger partial charge is 0.129 e. The van der Waals surface area contributed by atoms with Crippen LogP contribution in [0.15, 0.2) is 18.2 Å². The van der Waals surface area contributed by atoms with Gasteiger partial charge < -0.3 is 0 Å². The Morgan fingerprint density at radius 3 is 2.00 bits per heavy atom. The van der Waals surface area contributed by atoms with E-state index in [0.29, 0.717) is 0 Å². The average molecular weight is 261 g/mol. The molecule has 0 aliphatic heterocycles. The molecule has 1 rings (SSSR count). The van der Waals surface area contributed by atoms with Gasteiger partial charge in [0.05, 0.1) is 8.07 Å². The molecular formula is C15H24Si2. The van der Waals surface area contributed by atoms with Gasteiger partial charge in [-0.1, -0.05) is 57.3 Å². The summed E-state index contributed by atoms with van der Waals surface area (Å²) in [5, 5.41) is 1.49. The van der Waals surface area contributed by atoms with E-state index in [9.17, 15) is 0 Å². The molecule has 0 bridgehead atoms. The van der Waals surface area contributed by atoms with E-state index in [1.165, 1.54) is 16.3 Å². The molecule has 0 atom stereocenters. The number of hydrogen-bond donors (Lipinski definition) is 0. The minimum absolute atomic E-state index is 1.27. The summed E-state index contributed by atoms with van der Waals surface area (Å²) in [6.07, 6.45) is 0. The van der Waals surface area contributed by atoms with Crippen LogP contribution >= 0.6 is 0 Å². The van der Waals surface area contributed by atoms with E-state index >= 15 is 0 Å². The summed E-state index contributed by atoms with van der Waals surface area (Å²) in [5.41, 5.74) is 6.07. The Hall–Kier alpha value is -0.786. The fourth-order valence-corrected chi connectivity index (χ4v) is 3.71. The molecule has 17 heavy (non-hydrogen) atoms. The van der Waals surface area contributed by atoms with Crippen LogP contribution in [0.4, 0.5) is 0 Å². The molecule has 0 radical (unpaired) electrons. The molecule has 0 amide bonds. The molecule has 0 N–H and O–H groups in total. The van der Waals surface area contributed by atoms with E-state index in [1.807, 2.05) is 0 Å². The zero-order valence-corrected chi connectivity index (χ0v) is 14.2. The van der Waals surface area contributed by atoms with Crippen molar-refractivity contribution >= 4 is 21.3 Å². The maximum absolute atomic E-state index is 3.49. The summed E-state index contributed by atoms with van der Waals surface area (Å²) in [6.45, 7) is 16.2. The van der Waals surface area contributed by atoms with Crippen LogP contribution in [-0.4, -0.2) is 16.1 Å². The van der Waals surface area contributed by atoms with Crippen LogP contribution in [-0.2, 0) is 0 Å². The first-order chi connectivity index (χ1) is 7.59. The Bertz CT molecular complexity index is 462. The minimum Gasteiger partial charge on any atom is -0.127 e. The molecule has 0 aliphatic carbocycles. The van der Waals surface area contributed by atoms with Crippen molar-refractivity contribution in [3.63, 3.8) is 0 Å². The SMILES string of the molecule is Cc1ccc([Si](C)(C)C)c(C#C[Si](C)(C)C)c1. The van der Waals surface area contributed by atoms with Crippen molar-refractivity contribution in [1.82, 2.24) is 0 Å². The highest BCUT2D eigenvalue weighted by atomic mass is 28.3. The second-order valence-corrected chi connectivity index (χ2v) is 16.6. The highest BCUT2D eigenvalue weighted by Crippen LogP contribution is 2.09. The highest BCUT2D eigenvalue weighted by molar-refractivity contribution is 6.89. The minimum atomic E-state index is -1.29. The summed E-state index contributed by atoms with van der Waals surface area (Å²) in [4.78, 5) is 0. The van der Waals surface area contributed by atoms with Crippen molar-refractivity contribution in [3.8, 4) is 11.5 Å². The Labute approximate surface area is 108 Å². The van der Waals surface area contributed by atoms with Gasteiger partial charge in [-0.2, -0.15) is 0 Å². The number of benzene rings is 1. The normalized spacial score (nSPS) is 11.9. The Balaban J connectivity index is 3.30. The maximum Gasteiger partial charge on any atom is 0.129 e. The van der Waals surface area contributed by atoms with Crippen molar-refractivity contribution in [2.24, 2.45) is 0 Å². The van der Waals surface area contributed by atoms with Gasteiger partial charge in [-0.3, -0.25) is 0 Å².